The summed E-state index contributed by atoms with van der Waals surface area (Å²) in [7, 11) is 0. The van der Waals surface area contributed by atoms with Crippen molar-refractivity contribution in [1.29, 1.82) is 0 Å². The Kier molecular flexibility index (Phi) is 4.08. The molecule has 0 aromatic heterocycles. The molecule has 3 rings (SSSR count). The zero-order chi connectivity index (χ0) is 14.7. The highest BCUT2D eigenvalue weighted by molar-refractivity contribution is 5.39. The molecule has 1 heterocycles. The number of para-hydroxylation sites is 1. The van der Waals surface area contributed by atoms with Crippen molar-refractivity contribution >= 4 is 0 Å². The topological polar surface area (TPSA) is 56.5 Å². The van der Waals surface area contributed by atoms with E-state index in [0.717, 1.165) is 23.5 Å². The summed E-state index contributed by atoms with van der Waals surface area (Å²) in [5.74, 6) is 7.58. The second kappa shape index (κ2) is 6.16. The van der Waals surface area contributed by atoms with Crippen LogP contribution in [-0.2, 0) is 6.42 Å². The third-order valence-electron chi connectivity index (χ3n) is 3.77. The van der Waals surface area contributed by atoms with Gasteiger partial charge >= 0.3 is 0 Å². The Morgan fingerprint density at radius 2 is 2.00 bits per heavy atom. The van der Waals surface area contributed by atoms with Crippen LogP contribution in [0.4, 0.5) is 0 Å². The van der Waals surface area contributed by atoms with Crippen molar-refractivity contribution in [3.8, 4) is 11.5 Å². The normalized spacial score (nSPS) is 17.9. The number of hydrazine groups is 1. The molecule has 0 fully saturated rings. The van der Waals surface area contributed by atoms with Crippen LogP contribution in [0.15, 0.2) is 48.5 Å². The SMILES string of the molecule is CCOc1ccc(C(NN)C2Cc3ccccc3O2)cc1. The van der Waals surface area contributed by atoms with Gasteiger partial charge in [0.05, 0.1) is 12.6 Å². The third-order valence-corrected chi connectivity index (χ3v) is 3.77. The lowest BCUT2D eigenvalue weighted by Crippen LogP contribution is -2.38. The Hall–Kier alpha value is -2.04. The summed E-state index contributed by atoms with van der Waals surface area (Å²) in [4.78, 5) is 0. The summed E-state index contributed by atoms with van der Waals surface area (Å²) in [5, 5.41) is 0. The highest BCUT2D eigenvalue weighted by Crippen LogP contribution is 2.34. The average molecular weight is 284 g/mol. The van der Waals surface area contributed by atoms with Gasteiger partial charge in [-0.25, -0.2) is 5.43 Å². The first kappa shape index (κ1) is 13.9. The molecule has 4 nitrogen and oxygen atoms in total. The maximum absolute atomic E-state index is 6.02. The largest absolute Gasteiger partial charge is 0.494 e. The first-order chi connectivity index (χ1) is 10.3. The van der Waals surface area contributed by atoms with Gasteiger partial charge in [0.2, 0.25) is 0 Å². The summed E-state index contributed by atoms with van der Waals surface area (Å²) in [6.07, 6.45) is 0.864. The first-order valence-corrected chi connectivity index (χ1v) is 7.25. The van der Waals surface area contributed by atoms with Crippen LogP contribution in [0.25, 0.3) is 0 Å². The number of fused-ring (bicyclic) bond motifs is 1. The van der Waals surface area contributed by atoms with Gasteiger partial charge in [-0.1, -0.05) is 30.3 Å². The minimum atomic E-state index is -0.0481. The zero-order valence-electron chi connectivity index (χ0n) is 12.1. The Bertz CT molecular complexity index is 573. The third kappa shape index (κ3) is 2.86. The number of rotatable bonds is 5. The standard InChI is InChI=1S/C17H20N2O2/c1-2-20-14-9-7-12(8-10-14)17(19-18)16-11-13-5-3-4-6-15(13)21-16/h3-10,16-17,19H,2,11,18H2,1H3. The van der Waals surface area contributed by atoms with Gasteiger partial charge in [0.15, 0.2) is 0 Å². The molecule has 2 unspecified atom stereocenters. The van der Waals surface area contributed by atoms with E-state index in [4.69, 9.17) is 15.3 Å². The van der Waals surface area contributed by atoms with E-state index in [9.17, 15) is 0 Å². The van der Waals surface area contributed by atoms with Crippen LogP contribution in [-0.4, -0.2) is 12.7 Å². The van der Waals surface area contributed by atoms with Gasteiger partial charge in [0.25, 0.3) is 0 Å². The molecule has 0 amide bonds. The summed E-state index contributed by atoms with van der Waals surface area (Å²) < 4.78 is 11.5. The van der Waals surface area contributed by atoms with E-state index in [-0.39, 0.29) is 12.1 Å². The predicted molar refractivity (Wildman–Crippen MR) is 82.2 cm³/mol. The van der Waals surface area contributed by atoms with Gasteiger partial charge in [-0.2, -0.15) is 0 Å². The summed E-state index contributed by atoms with van der Waals surface area (Å²) in [6.45, 7) is 2.64. The monoisotopic (exact) mass is 284 g/mol. The Balaban J connectivity index is 1.77. The number of nitrogens with two attached hydrogens (primary N) is 1. The molecular formula is C17H20N2O2. The number of benzene rings is 2. The highest BCUT2D eigenvalue weighted by atomic mass is 16.5. The number of hydrogen-bond donors (Lipinski definition) is 2. The molecule has 0 bridgehead atoms. The van der Waals surface area contributed by atoms with Crippen molar-refractivity contribution < 1.29 is 9.47 Å². The zero-order valence-corrected chi connectivity index (χ0v) is 12.1. The fourth-order valence-electron chi connectivity index (χ4n) is 2.75. The van der Waals surface area contributed by atoms with Crippen molar-refractivity contribution in [3.63, 3.8) is 0 Å². The molecule has 0 aliphatic carbocycles. The minimum absolute atomic E-state index is 0.00495. The van der Waals surface area contributed by atoms with Crippen molar-refractivity contribution in [2.24, 2.45) is 5.84 Å². The van der Waals surface area contributed by atoms with E-state index in [2.05, 4.69) is 11.5 Å². The molecule has 3 N–H and O–H groups in total. The molecule has 0 radical (unpaired) electrons. The van der Waals surface area contributed by atoms with Crippen LogP contribution >= 0.6 is 0 Å². The first-order valence-electron chi connectivity index (χ1n) is 7.25. The van der Waals surface area contributed by atoms with Gasteiger partial charge in [-0.05, 0) is 36.2 Å². The van der Waals surface area contributed by atoms with E-state index in [1.54, 1.807) is 0 Å². The van der Waals surface area contributed by atoms with Crippen LogP contribution in [0.3, 0.4) is 0 Å². The number of hydrogen-bond acceptors (Lipinski definition) is 4. The van der Waals surface area contributed by atoms with E-state index >= 15 is 0 Å². The Morgan fingerprint density at radius 3 is 2.67 bits per heavy atom. The minimum Gasteiger partial charge on any atom is -0.494 e. The molecule has 4 heteroatoms. The van der Waals surface area contributed by atoms with Crippen LogP contribution in [0, 0.1) is 0 Å². The lowest BCUT2D eigenvalue weighted by Gasteiger charge is -2.23. The molecule has 0 saturated heterocycles. The molecule has 0 saturated carbocycles. The van der Waals surface area contributed by atoms with Gasteiger partial charge in [-0.15, -0.1) is 0 Å². The van der Waals surface area contributed by atoms with Gasteiger partial charge < -0.3 is 9.47 Å². The second-order valence-corrected chi connectivity index (χ2v) is 5.11. The maximum Gasteiger partial charge on any atom is 0.124 e. The van der Waals surface area contributed by atoms with Crippen molar-refractivity contribution in [2.45, 2.75) is 25.5 Å². The van der Waals surface area contributed by atoms with Gasteiger partial charge in [0, 0.05) is 6.42 Å². The fraction of sp³-hybridized carbons (Fsp3) is 0.294. The Morgan fingerprint density at radius 1 is 1.24 bits per heavy atom. The van der Waals surface area contributed by atoms with Gasteiger partial charge in [-0.3, -0.25) is 5.84 Å². The molecule has 1 aliphatic rings. The molecule has 1 aliphatic heterocycles. The second-order valence-electron chi connectivity index (χ2n) is 5.11. The van der Waals surface area contributed by atoms with E-state index < -0.39 is 0 Å². The van der Waals surface area contributed by atoms with Crippen molar-refractivity contribution in [3.05, 3.63) is 59.7 Å². The quantitative estimate of drug-likeness (QED) is 0.654. The Labute approximate surface area is 124 Å². The lowest BCUT2D eigenvalue weighted by atomic mass is 9.98. The summed E-state index contributed by atoms with van der Waals surface area (Å²) in [6, 6.07) is 16.1. The van der Waals surface area contributed by atoms with E-state index in [0.29, 0.717) is 6.61 Å². The van der Waals surface area contributed by atoms with Crippen LogP contribution < -0.4 is 20.7 Å². The molecule has 2 aromatic carbocycles. The molecule has 0 spiro atoms. The fourth-order valence-corrected chi connectivity index (χ4v) is 2.75. The van der Waals surface area contributed by atoms with Crippen LogP contribution in [0.5, 0.6) is 11.5 Å². The van der Waals surface area contributed by atoms with E-state index in [1.165, 1.54) is 5.56 Å². The smallest absolute Gasteiger partial charge is 0.124 e. The molecule has 21 heavy (non-hydrogen) atoms. The molecule has 2 aromatic rings. The summed E-state index contributed by atoms with van der Waals surface area (Å²) >= 11 is 0. The number of ether oxygens (including phenoxy) is 2. The maximum atomic E-state index is 6.02. The van der Waals surface area contributed by atoms with Crippen LogP contribution in [0.1, 0.15) is 24.1 Å². The lowest BCUT2D eigenvalue weighted by molar-refractivity contribution is 0.179. The average Bonchev–Trinajstić information content (AvgIpc) is 2.93. The predicted octanol–water partition coefficient (Wildman–Crippen LogP) is 2.59. The number of nitrogens with one attached hydrogen (secondary N) is 1. The summed E-state index contributed by atoms with van der Waals surface area (Å²) in [5.41, 5.74) is 5.21. The van der Waals surface area contributed by atoms with Gasteiger partial charge in [0.1, 0.15) is 17.6 Å². The molecule has 110 valence electrons. The molecular weight excluding hydrogens is 264 g/mol. The highest BCUT2D eigenvalue weighted by Gasteiger charge is 2.30. The van der Waals surface area contributed by atoms with Crippen molar-refractivity contribution in [1.82, 2.24) is 5.43 Å². The van der Waals surface area contributed by atoms with Crippen LogP contribution in [0.2, 0.25) is 0 Å². The van der Waals surface area contributed by atoms with Crippen molar-refractivity contribution in [2.75, 3.05) is 6.61 Å². The van der Waals surface area contributed by atoms with E-state index in [1.807, 2.05) is 49.4 Å². The molecule has 2 atom stereocenters.